The first-order chi connectivity index (χ1) is 6.62. The number of hydrogen-bond acceptors (Lipinski definition) is 3. The van der Waals surface area contributed by atoms with Gasteiger partial charge in [0.15, 0.2) is 0 Å². The van der Waals surface area contributed by atoms with Crippen molar-refractivity contribution in [1.29, 1.82) is 0 Å². The largest absolute Gasteiger partial charge is 0.395 e. The van der Waals surface area contributed by atoms with Gasteiger partial charge in [0.05, 0.1) is 13.2 Å². The van der Waals surface area contributed by atoms with E-state index in [0.717, 1.165) is 5.56 Å². The summed E-state index contributed by atoms with van der Waals surface area (Å²) >= 11 is 5.85. The van der Waals surface area contributed by atoms with Crippen LogP contribution in [0.2, 0.25) is 5.02 Å². The summed E-state index contributed by atoms with van der Waals surface area (Å²) in [5.41, 5.74) is 0.414. The van der Waals surface area contributed by atoms with Crippen molar-refractivity contribution in [3.8, 4) is 0 Å². The van der Waals surface area contributed by atoms with Crippen LogP contribution < -0.4 is 5.90 Å². The Hall–Kier alpha value is -0.610. The molecule has 0 aliphatic carbocycles. The van der Waals surface area contributed by atoms with Crippen LogP contribution in [0.15, 0.2) is 24.3 Å². The zero-order valence-electron chi connectivity index (χ0n) is 8.03. The minimum atomic E-state index is -0.500. The number of rotatable bonds is 4. The van der Waals surface area contributed by atoms with Crippen molar-refractivity contribution in [3.63, 3.8) is 0 Å². The van der Waals surface area contributed by atoms with Crippen molar-refractivity contribution in [2.45, 2.75) is 12.3 Å². The summed E-state index contributed by atoms with van der Waals surface area (Å²) in [6, 6.07) is 7.31. The van der Waals surface area contributed by atoms with Gasteiger partial charge >= 0.3 is 0 Å². The lowest BCUT2D eigenvalue weighted by Crippen LogP contribution is -2.33. The monoisotopic (exact) mass is 215 g/mol. The number of nitrogens with two attached hydrogens (primary N) is 1. The quantitative estimate of drug-likeness (QED) is 0.749. The molecule has 0 bridgehead atoms. The minimum Gasteiger partial charge on any atom is -0.395 e. The van der Waals surface area contributed by atoms with Crippen LogP contribution in [0.1, 0.15) is 12.5 Å². The molecule has 0 amide bonds. The summed E-state index contributed by atoms with van der Waals surface area (Å²) in [6.45, 7) is 2.08. The fourth-order valence-corrected chi connectivity index (χ4v) is 1.46. The van der Waals surface area contributed by atoms with E-state index in [4.69, 9.17) is 17.5 Å². The maximum atomic E-state index is 9.28. The van der Waals surface area contributed by atoms with Crippen LogP contribution >= 0.6 is 11.6 Å². The Bertz CT molecular complexity index is 306. The van der Waals surface area contributed by atoms with Crippen LogP contribution in [0.5, 0.6) is 0 Å². The smallest absolute Gasteiger partial charge is 0.0795 e. The highest BCUT2D eigenvalue weighted by Crippen LogP contribution is 2.25. The van der Waals surface area contributed by atoms with Gasteiger partial charge in [0.25, 0.3) is 0 Å². The van der Waals surface area contributed by atoms with Crippen LogP contribution in [-0.4, -0.2) is 18.3 Å². The number of halogens is 1. The van der Waals surface area contributed by atoms with Gasteiger partial charge in [-0.2, -0.15) is 0 Å². The fraction of sp³-hybridized carbons (Fsp3) is 0.400. The Kier molecular flexibility index (Phi) is 3.89. The van der Waals surface area contributed by atoms with Crippen LogP contribution in [-0.2, 0) is 10.3 Å². The molecule has 0 saturated carbocycles. The lowest BCUT2D eigenvalue weighted by Gasteiger charge is -2.26. The number of hydrogen-bond donors (Lipinski definition) is 2. The third-order valence-corrected chi connectivity index (χ3v) is 2.51. The third kappa shape index (κ3) is 2.45. The molecule has 1 unspecified atom stereocenters. The van der Waals surface area contributed by atoms with Crippen LogP contribution in [0.25, 0.3) is 0 Å². The van der Waals surface area contributed by atoms with Gasteiger partial charge in [-0.1, -0.05) is 30.7 Å². The molecule has 0 spiro atoms. The van der Waals surface area contributed by atoms with Gasteiger partial charge in [0.2, 0.25) is 0 Å². The predicted molar refractivity (Wildman–Crippen MR) is 56.0 cm³/mol. The Morgan fingerprint density at radius 3 is 2.79 bits per heavy atom. The molecule has 1 rings (SSSR count). The summed E-state index contributed by atoms with van der Waals surface area (Å²) in [4.78, 5) is 4.59. The van der Waals surface area contributed by atoms with Gasteiger partial charge in [0.1, 0.15) is 0 Å². The van der Waals surface area contributed by atoms with E-state index in [9.17, 15) is 5.11 Å². The molecule has 0 radical (unpaired) electrons. The highest BCUT2D eigenvalue weighted by molar-refractivity contribution is 6.30. The van der Waals surface area contributed by atoms with Crippen LogP contribution in [0.3, 0.4) is 0 Å². The zero-order valence-corrected chi connectivity index (χ0v) is 8.79. The normalized spacial score (nSPS) is 15.1. The first-order valence-electron chi connectivity index (χ1n) is 4.31. The van der Waals surface area contributed by atoms with Crippen molar-refractivity contribution in [3.05, 3.63) is 34.9 Å². The first kappa shape index (κ1) is 11.5. The Balaban J connectivity index is 2.99. The fourth-order valence-electron chi connectivity index (χ4n) is 1.27. The predicted octanol–water partition coefficient (Wildman–Crippen LogP) is 1.48. The van der Waals surface area contributed by atoms with E-state index < -0.39 is 5.41 Å². The van der Waals surface area contributed by atoms with Crippen LogP contribution in [0.4, 0.5) is 0 Å². The summed E-state index contributed by atoms with van der Waals surface area (Å²) in [6.07, 6.45) is 0. The number of benzene rings is 1. The van der Waals surface area contributed by atoms with E-state index in [1.54, 1.807) is 12.1 Å². The molecule has 1 atom stereocenters. The molecule has 0 heterocycles. The molecule has 0 aromatic heterocycles. The molecule has 3 nitrogen and oxygen atoms in total. The summed E-state index contributed by atoms with van der Waals surface area (Å²) in [5, 5.41) is 9.92. The maximum absolute atomic E-state index is 9.28. The third-order valence-electron chi connectivity index (χ3n) is 2.27. The molecule has 0 aliphatic heterocycles. The highest BCUT2D eigenvalue weighted by atomic mass is 35.5. The van der Waals surface area contributed by atoms with Crippen molar-refractivity contribution in [2.24, 2.45) is 5.90 Å². The van der Waals surface area contributed by atoms with E-state index in [-0.39, 0.29) is 13.2 Å². The lowest BCUT2D eigenvalue weighted by atomic mass is 9.84. The second-order valence-corrected chi connectivity index (χ2v) is 3.98. The molecule has 78 valence electrons. The van der Waals surface area contributed by atoms with E-state index >= 15 is 0 Å². The van der Waals surface area contributed by atoms with Crippen LogP contribution in [0, 0.1) is 0 Å². The molecule has 14 heavy (non-hydrogen) atoms. The SMILES string of the molecule is CC(CO)(CON)c1cccc(Cl)c1. The second-order valence-electron chi connectivity index (χ2n) is 3.54. The van der Waals surface area contributed by atoms with Gasteiger partial charge in [-0.25, -0.2) is 5.90 Å². The molecule has 4 heteroatoms. The molecular formula is C10H14ClNO2. The first-order valence-corrected chi connectivity index (χ1v) is 4.69. The van der Waals surface area contributed by atoms with Gasteiger partial charge < -0.3 is 9.94 Å². The summed E-state index contributed by atoms with van der Waals surface area (Å²) in [5.74, 6) is 5.02. The van der Waals surface area contributed by atoms with Gasteiger partial charge in [-0.05, 0) is 17.7 Å². The Morgan fingerprint density at radius 1 is 1.57 bits per heavy atom. The second kappa shape index (κ2) is 4.75. The van der Waals surface area contributed by atoms with Crippen molar-refractivity contribution < 1.29 is 9.94 Å². The molecule has 0 saturated heterocycles. The zero-order chi connectivity index (χ0) is 10.6. The van der Waals surface area contributed by atoms with Crippen molar-refractivity contribution >= 4 is 11.6 Å². The lowest BCUT2D eigenvalue weighted by molar-refractivity contribution is 0.0595. The van der Waals surface area contributed by atoms with Gasteiger partial charge in [-0.3, -0.25) is 0 Å². The maximum Gasteiger partial charge on any atom is 0.0795 e. The van der Waals surface area contributed by atoms with Crippen molar-refractivity contribution in [1.82, 2.24) is 0 Å². The van der Waals surface area contributed by atoms with E-state index in [1.165, 1.54) is 0 Å². The highest BCUT2D eigenvalue weighted by Gasteiger charge is 2.26. The molecule has 1 aromatic rings. The Morgan fingerprint density at radius 2 is 2.29 bits per heavy atom. The summed E-state index contributed by atoms with van der Waals surface area (Å²) < 4.78 is 0. The Labute approximate surface area is 88.4 Å². The molecule has 0 aliphatic rings. The van der Waals surface area contributed by atoms with Crippen molar-refractivity contribution in [2.75, 3.05) is 13.2 Å². The molecule has 0 fully saturated rings. The molecular weight excluding hydrogens is 202 g/mol. The molecule has 3 N–H and O–H groups in total. The molecule has 1 aromatic carbocycles. The minimum absolute atomic E-state index is 0.0372. The van der Waals surface area contributed by atoms with E-state index in [1.807, 2.05) is 19.1 Å². The van der Waals surface area contributed by atoms with E-state index in [2.05, 4.69) is 4.84 Å². The average Bonchev–Trinajstić information content (AvgIpc) is 2.18. The summed E-state index contributed by atoms with van der Waals surface area (Å²) in [7, 11) is 0. The standard InChI is InChI=1S/C10H14ClNO2/c1-10(6-13,7-14-12)8-3-2-4-9(11)5-8/h2-5,13H,6-7,12H2,1H3. The number of aliphatic hydroxyl groups excluding tert-OH is 1. The van der Waals surface area contributed by atoms with Gasteiger partial charge in [-0.15, -0.1) is 0 Å². The van der Waals surface area contributed by atoms with Gasteiger partial charge in [0, 0.05) is 10.4 Å². The number of aliphatic hydroxyl groups is 1. The topological polar surface area (TPSA) is 55.5 Å². The average molecular weight is 216 g/mol. The van der Waals surface area contributed by atoms with E-state index in [0.29, 0.717) is 5.02 Å².